The highest BCUT2D eigenvalue weighted by molar-refractivity contribution is 5.70. The number of hydrogen-bond donors (Lipinski definition) is 0. The van der Waals surface area contributed by atoms with Gasteiger partial charge in [-0.25, -0.2) is 9.97 Å². The average Bonchev–Trinajstić information content (AvgIpc) is 3.02. The Morgan fingerprint density at radius 2 is 0.744 bits per heavy atom. The van der Waals surface area contributed by atoms with E-state index < -0.39 is 0 Å². The van der Waals surface area contributed by atoms with Gasteiger partial charge in [0.25, 0.3) is 5.95 Å². The number of nitrogens with zero attached hydrogens (tertiary/aromatic N) is 6. The second-order valence-corrected chi connectivity index (χ2v) is 8.71. The summed E-state index contributed by atoms with van der Waals surface area (Å²) in [4.78, 5) is 18.6. The molecule has 7 nitrogen and oxygen atoms in total. The lowest BCUT2D eigenvalue weighted by atomic mass is 10.1. The van der Waals surface area contributed by atoms with Gasteiger partial charge in [0.2, 0.25) is 0 Å². The van der Waals surface area contributed by atoms with E-state index in [1.54, 1.807) is 0 Å². The van der Waals surface area contributed by atoms with Gasteiger partial charge < -0.3 is 5.21 Å². The van der Waals surface area contributed by atoms with Crippen molar-refractivity contribution < 1.29 is 4.86 Å². The van der Waals surface area contributed by atoms with Gasteiger partial charge in [-0.2, -0.15) is 0 Å². The van der Waals surface area contributed by atoms with E-state index in [4.69, 9.17) is 0 Å². The summed E-state index contributed by atoms with van der Waals surface area (Å²) in [5.74, 6) is -0.0923. The number of aromatic nitrogens is 4. The Morgan fingerprint density at radius 3 is 1.08 bits per heavy atom. The highest BCUT2D eigenvalue weighted by Crippen LogP contribution is 2.28. The maximum atomic E-state index is 13.4. The van der Waals surface area contributed by atoms with E-state index in [9.17, 15) is 5.21 Å². The van der Waals surface area contributed by atoms with Crippen LogP contribution in [0.5, 0.6) is 0 Å². The third-order valence-electron chi connectivity index (χ3n) is 6.06. The molecule has 0 amide bonds. The van der Waals surface area contributed by atoms with Gasteiger partial charge in [-0.15, -0.1) is 4.86 Å². The normalized spacial score (nSPS) is 11.3. The molecule has 2 heterocycles. The molecule has 0 aliphatic rings. The number of rotatable bonds is 6. The average molecular weight is 507 g/mol. The smallest absolute Gasteiger partial charge is 0.454 e. The lowest BCUT2D eigenvalue weighted by Crippen LogP contribution is -2.02. The molecule has 0 atom stereocenters. The summed E-state index contributed by atoms with van der Waals surface area (Å²) >= 11 is 0. The molecule has 0 unspecified atom stereocenters. The van der Waals surface area contributed by atoms with Crippen LogP contribution in [0.2, 0.25) is 0 Å². The first kappa shape index (κ1) is 23.8. The highest BCUT2D eigenvalue weighted by Gasteiger charge is 2.18. The summed E-state index contributed by atoms with van der Waals surface area (Å²) in [5, 5.41) is 17.6. The minimum atomic E-state index is -0.106. The lowest BCUT2D eigenvalue weighted by molar-refractivity contribution is -0.444. The van der Waals surface area contributed by atoms with Gasteiger partial charge in [0.05, 0.1) is 11.4 Å². The first-order chi connectivity index (χ1) is 19.2. The molecule has 2 aromatic heterocycles. The largest absolute Gasteiger partial charge is 0.721 e. The predicted octanol–water partition coefficient (Wildman–Crippen LogP) is 7.86. The van der Waals surface area contributed by atoms with E-state index in [0.29, 0.717) is 27.6 Å². The zero-order chi connectivity index (χ0) is 26.4. The molecular formula is C32H22N6O. The van der Waals surface area contributed by atoms with Crippen LogP contribution in [0, 0.1) is 5.21 Å². The molecule has 6 aromatic rings. The van der Waals surface area contributed by atoms with Crippen LogP contribution in [0.1, 0.15) is 0 Å². The van der Waals surface area contributed by atoms with Crippen LogP contribution in [-0.2, 0) is 0 Å². The minimum Gasteiger partial charge on any atom is -0.721 e. The van der Waals surface area contributed by atoms with Crippen molar-refractivity contribution in [3.05, 3.63) is 139 Å². The Bertz CT molecular complexity index is 1630. The molecule has 4 aromatic carbocycles. The Balaban J connectivity index is 1.48. The van der Waals surface area contributed by atoms with Crippen LogP contribution in [0.3, 0.4) is 0 Å². The number of azo groups is 1. The third kappa shape index (κ3) is 5.42. The summed E-state index contributed by atoms with van der Waals surface area (Å²) in [5.41, 5.74) is 6.03. The van der Waals surface area contributed by atoms with Gasteiger partial charge in [-0.3, -0.25) is 0 Å². The zero-order valence-electron chi connectivity index (χ0n) is 20.8. The Labute approximate surface area is 225 Å². The molecule has 0 fully saturated rings. The molecule has 0 N–H and O–H groups in total. The fourth-order valence-corrected chi connectivity index (χ4v) is 4.15. The molecule has 7 heteroatoms. The molecule has 0 bridgehead atoms. The molecule has 0 aliphatic heterocycles. The monoisotopic (exact) mass is 506 g/mol. The maximum absolute atomic E-state index is 13.4. The Morgan fingerprint density at radius 1 is 0.436 bits per heavy atom. The lowest BCUT2D eigenvalue weighted by Gasteiger charge is -2.09. The molecule has 6 rings (SSSR count). The van der Waals surface area contributed by atoms with E-state index in [0.717, 1.165) is 22.3 Å². The van der Waals surface area contributed by atoms with Crippen LogP contribution in [0.25, 0.3) is 45.0 Å². The summed E-state index contributed by atoms with van der Waals surface area (Å²) in [6.07, 6.45) is 0. The molecule has 0 radical (unpaired) electrons. The SMILES string of the molecule is [O-]/[N+](=N\c1nc(-c2ccccc2)cc(-c2ccccc2)n1)c1nc(-c2ccccc2)cc(-c2ccccc2)n1. The van der Waals surface area contributed by atoms with Crippen LogP contribution in [0.15, 0.2) is 139 Å². The van der Waals surface area contributed by atoms with Crippen molar-refractivity contribution in [2.24, 2.45) is 5.11 Å². The van der Waals surface area contributed by atoms with Crippen molar-refractivity contribution >= 4 is 11.9 Å². The van der Waals surface area contributed by atoms with Gasteiger partial charge >= 0.3 is 5.95 Å². The first-order valence-electron chi connectivity index (χ1n) is 12.4. The van der Waals surface area contributed by atoms with Crippen molar-refractivity contribution in [3.8, 4) is 45.0 Å². The Hall–Kier alpha value is -5.56. The fraction of sp³-hybridized carbons (Fsp3) is 0. The van der Waals surface area contributed by atoms with Crippen LogP contribution in [0.4, 0.5) is 11.9 Å². The molecule has 0 saturated heterocycles. The van der Waals surface area contributed by atoms with E-state index in [-0.39, 0.29) is 11.9 Å². The van der Waals surface area contributed by atoms with Gasteiger partial charge in [-0.1, -0.05) is 136 Å². The molecule has 186 valence electrons. The van der Waals surface area contributed by atoms with Gasteiger partial charge in [0.1, 0.15) is 0 Å². The second kappa shape index (κ2) is 10.8. The van der Waals surface area contributed by atoms with Crippen LogP contribution < -0.4 is 0 Å². The maximum Gasteiger partial charge on any atom is 0.454 e. The van der Waals surface area contributed by atoms with Gasteiger partial charge in [0.15, 0.2) is 11.4 Å². The summed E-state index contributed by atoms with van der Waals surface area (Å²) in [7, 11) is 0. The van der Waals surface area contributed by atoms with E-state index in [1.165, 1.54) is 0 Å². The quantitative estimate of drug-likeness (QED) is 0.130. The topological polar surface area (TPSA) is 90.0 Å². The summed E-state index contributed by atoms with van der Waals surface area (Å²) < 4.78 is 0. The van der Waals surface area contributed by atoms with Gasteiger partial charge in [-0.05, 0) is 6.07 Å². The summed E-state index contributed by atoms with van der Waals surface area (Å²) in [6.45, 7) is 0. The molecule has 0 spiro atoms. The van der Waals surface area contributed by atoms with Crippen molar-refractivity contribution in [1.82, 2.24) is 19.9 Å². The van der Waals surface area contributed by atoms with Crippen molar-refractivity contribution in [1.29, 1.82) is 0 Å². The third-order valence-corrected chi connectivity index (χ3v) is 6.06. The molecule has 0 saturated carbocycles. The minimum absolute atomic E-state index is 0.0141. The highest BCUT2D eigenvalue weighted by atomic mass is 16.5. The van der Waals surface area contributed by atoms with Crippen molar-refractivity contribution in [2.75, 3.05) is 0 Å². The first-order valence-corrected chi connectivity index (χ1v) is 12.4. The molecular weight excluding hydrogens is 484 g/mol. The Kier molecular flexibility index (Phi) is 6.61. The molecule has 39 heavy (non-hydrogen) atoms. The predicted molar refractivity (Wildman–Crippen MR) is 151 cm³/mol. The van der Waals surface area contributed by atoms with Crippen molar-refractivity contribution in [3.63, 3.8) is 0 Å². The van der Waals surface area contributed by atoms with Crippen molar-refractivity contribution in [2.45, 2.75) is 0 Å². The fourth-order valence-electron chi connectivity index (χ4n) is 4.15. The van der Waals surface area contributed by atoms with E-state index in [2.05, 4.69) is 25.1 Å². The van der Waals surface area contributed by atoms with E-state index in [1.807, 2.05) is 133 Å². The summed E-state index contributed by atoms with van der Waals surface area (Å²) in [6, 6.07) is 42.5. The van der Waals surface area contributed by atoms with Gasteiger partial charge in [0, 0.05) is 28.3 Å². The van der Waals surface area contributed by atoms with E-state index >= 15 is 0 Å². The standard InChI is InChI=1S/C32H22N6O/c39-38(32-35-29(25-17-9-3-10-18-25)22-30(36-32)26-19-11-4-12-20-26)37-31-33-27(23-13-5-1-6-14-23)21-28(34-31)24-15-7-2-8-16-24/h1-22H/b38-37-. The molecule has 0 aliphatic carbocycles. The number of hydrogen-bond acceptors (Lipinski definition) is 6. The van der Waals surface area contributed by atoms with Crippen LogP contribution >= 0.6 is 0 Å². The zero-order valence-corrected chi connectivity index (χ0v) is 20.8. The number of benzene rings is 4. The van der Waals surface area contributed by atoms with Crippen LogP contribution in [-0.4, -0.2) is 24.8 Å². The second-order valence-electron chi connectivity index (χ2n) is 8.71.